The van der Waals surface area contributed by atoms with Crippen LogP contribution in [0.3, 0.4) is 0 Å². The number of amides is 1. The highest BCUT2D eigenvalue weighted by molar-refractivity contribution is 7.91. The van der Waals surface area contributed by atoms with E-state index in [-0.39, 0.29) is 70.1 Å². The lowest BCUT2D eigenvalue weighted by Crippen LogP contribution is -2.47. The molecule has 4 N–H and O–H groups in total. The number of hydrogen-bond donors (Lipinski definition) is 3. The maximum atomic E-state index is 15.8. The molecule has 4 aliphatic heterocycles. The maximum Gasteiger partial charge on any atom is 0.297 e. The Morgan fingerprint density at radius 1 is 0.985 bits per heavy atom. The van der Waals surface area contributed by atoms with Gasteiger partial charge >= 0.3 is 0 Å². The van der Waals surface area contributed by atoms with Gasteiger partial charge in [0.05, 0.1) is 59.2 Å². The minimum Gasteiger partial charge on any atom is -0.489 e. The van der Waals surface area contributed by atoms with Crippen molar-refractivity contribution in [2.24, 2.45) is 11.1 Å². The molecule has 0 spiro atoms. The number of sulfone groups is 1. The summed E-state index contributed by atoms with van der Waals surface area (Å²) in [6.07, 6.45) is 4.73. The van der Waals surface area contributed by atoms with E-state index in [4.69, 9.17) is 41.3 Å². The molecule has 352 valence electrons. The molecule has 2 saturated heterocycles. The number of anilines is 4. The maximum absolute atomic E-state index is 15.8. The van der Waals surface area contributed by atoms with E-state index >= 15 is 8.42 Å². The van der Waals surface area contributed by atoms with Crippen molar-refractivity contribution in [3.63, 3.8) is 0 Å². The van der Waals surface area contributed by atoms with Gasteiger partial charge in [0.25, 0.3) is 11.6 Å². The summed E-state index contributed by atoms with van der Waals surface area (Å²) in [5.41, 5.74) is 11.1. The van der Waals surface area contributed by atoms with Gasteiger partial charge in [0, 0.05) is 68.0 Å². The SMILES string of the molecule is CC1(C)CCC(CN2CCN(c3ccc(C(N)=O)c(N4CCCOc5nc6[nH]ccc6cc54)c3S(=O)(=O)c3cc4c(c([N+](=O)[O-])c3)N[C@@H]([C@H]3COCCO3)CO4)CC2)=C(c2ccc(Cl)cc2)C1. The van der Waals surface area contributed by atoms with Crippen LogP contribution in [0.4, 0.5) is 28.4 Å². The van der Waals surface area contributed by atoms with Crippen LogP contribution in [0.2, 0.25) is 5.02 Å². The minimum atomic E-state index is -4.76. The summed E-state index contributed by atoms with van der Waals surface area (Å²) < 4.78 is 55.4. The molecule has 1 aliphatic carbocycles. The molecule has 6 heterocycles. The number of fused-ring (bicyclic) bond motifs is 3. The first-order valence-electron chi connectivity index (χ1n) is 22.7. The van der Waals surface area contributed by atoms with Crippen molar-refractivity contribution >= 4 is 72.4 Å². The number of nitro groups is 1. The number of rotatable bonds is 10. The van der Waals surface area contributed by atoms with Crippen LogP contribution in [-0.2, 0) is 19.3 Å². The molecule has 19 heteroatoms. The van der Waals surface area contributed by atoms with Crippen LogP contribution in [0.5, 0.6) is 11.6 Å². The molecule has 2 atom stereocenters. The number of piperazine rings is 1. The zero-order valence-corrected chi connectivity index (χ0v) is 39.0. The van der Waals surface area contributed by atoms with E-state index in [9.17, 15) is 14.9 Å². The molecule has 17 nitrogen and oxygen atoms in total. The van der Waals surface area contributed by atoms with Crippen LogP contribution in [0.1, 0.15) is 55.5 Å². The molecule has 5 aliphatic rings. The van der Waals surface area contributed by atoms with Gasteiger partial charge in [0.2, 0.25) is 15.7 Å². The van der Waals surface area contributed by atoms with Gasteiger partial charge in [0.1, 0.15) is 28.9 Å². The van der Waals surface area contributed by atoms with Crippen molar-refractivity contribution in [1.29, 1.82) is 0 Å². The van der Waals surface area contributed by atoms with Crippen molar-refractivity contribution in [3.8, 4) is 11.6 Å². The highest BCUT2D eigenvalue weighted by Gasteiger charge is 2.40. The van der Waals surface area contributed by atoms with E-state index in [1.165, 1.54) is 22.8 Å². The molecule has 0 bridgehead atoms. The average molecular weight is 954 g/mol. The second-order valence-electron chi connectivity index (χ2n) is 18.6. The van der Waals surface area contributed by atoms with Gasteiger partial charge in [-0.05, 0) is 78.6 Å². The molecule has 0 radical (unpaired) electrons. The summed E-state index contributed by atoms with van der Waals surface area (Å²) in [5.74, 6) is -0.613. The number of pyridine rings is 1. The first-order valence-corrected chi connectivity index (χ1v) is 24.6. The van der Waals surface area contributed by atoms with Gasteiger partial charge in [-0.2, -0.15) is 4.98 Å². The summed E-state index contributed by atoms with van der Waals surface area (Å²) in [4.78, 5) is 39.3. The fourth-order valence-corrected chi connectivity index (χ4v) is 11.9. The number of nitro benzene ring substituents is 1. The number of benzene rings is 3. The summed E-state index contributed by atoms with van der Waals surface area (Å²) >= 11 is 6.29. The average Bonchev–Trinajstić information content (AvgIpc) is 3.69. The van der Waals surface area contributed by atoms with Crippen molar-refractivity contribution in [3.05, 3.63) is 98.7 Å². The van der Waals surface area contributed by atoms with Crippen LogP contribution in [0.15, 0.2) is 82.2 Å². The molecule has 0 saturated carbocycles. The molecule has 2 aromatic heterocycles. The van der Waals surface area contributed by atoms with E-state index in [1.54, 1.807) is 23.2 Å². The summed E-state index contributed by atoms with van der Waals surface area (Å²) in [7, 11) is -4.76. The Morgan fingerprint density at radius 3 is 2.54 bits per heavy atom. The number of aromatic amines is 1. The molecule has 10 rings (SSSR count). The second kappa shape index (κ2) is 18.0. The fourth-order valence-electron chi connectivity index (χ4n) is 10.0. The van der Waals surface area contributed by atoms with Crippen molar-refractivity contribution in [2.45, 2.75) is 61.5 Å². The Hall–Kier alpha value is -5.92. The number of H-pyrrole nitrogens is 1. The Bertz CT molecular complexity index is 2890. The standard InChI is InChI=1S/C48H53ClN8O9S/c1-48(2)12-10-31(35(25-48)29-4-6-32(49)7-5-29)26-54-15-17-55(18-16-54)37-9-8-34(45(50)58)43(56-14-3-19-65-47-39(56)22-30-11-13-51-46(30)53-47)44(37)67(61,62)33-23-38(57(59)60)42-40(24-33)66-27-36(52-42)41-28-63-20-21-64-41/h4-9,11,13,22-24,36,41,52H,3,10,12,14-21,25-28H2,1-2H3,(H2,50,58)(H,51,53)/t36-,41-/m1/s1. The number of primary amides is 1. The third-order valence-corrected chi connectivity index (χ3v) is 15.6. The van der Waals surface area contributed by atoms with Gasteiger partial charge in [-0.1, -0.05) is 43.2 Å². The monoisotopic (exact) mass is 952 g/mol. The van der Waals surface area contributed by atoms with Crippen molar-refractivity contribution in [2.75, 3.05) is 87.4 Å². The first-order chi connectivity index (χ1) is 32.2. The number of aromatic nitrogens is 2. The largest absolute Gasteiger partial charge is 0.489 e. The molecular formula is C48H53ClN8O9S. The molecule has 67 heavy (non-hydrogen) atoms. The van der Waals surface area contributed by atoms with E-state index < -0.39 is 38.5 Å². The highest BCUT2D eigenvalue weighted by Crippen LogP contribution is 2.49. The van der Waals surface area contributed by atoms with Crippen LogP contribution < -0.4 is 30.3 Å². The number of nitrogens with two attached hydrogens (primary N) is 1. The second-order valence-corrected chi connectivity index (χ2v) is 20.9. The summed E-state index contributed by atoms with van der Waals surface area (Å²) in [6, 6.07) is 16.8. The third kappa shape index (κ3) is 8.76. The summed E-state index contributed by atoms with van der Waals surface area (Å²) in [5, 5.41) is 17.5. The van der Waals surface area contributed by atoms with Crippen LogP contribution in [0, 0.1) is 15.5 Å². The number of carbonyl (C=O) groups excluding carboxylic acids is 1. The Balaban J connectivity index is 1.07. The topological polar surface area (TPSA) is 208 Å². The summed E-state index contributed by atoms with van der Waals surface area (Å²) in [6.45, 7) is 9.11. The van der Waals surface area contributed by atoms with Crippen molar-refractivity contribution in [1.82, 2.24) is 14.9 Å². The van der Waals surface area contributed by atoms with Crippen molar-refractivity contribution < 1.29 is 37.1 Å². The molecule has 0 unspecified atom stereocenters. The number of halogens is 1. The number of nitrogens with one attached hydrogen (secondary N) is 2. The van der Waals surface area contributed by atoms with E-state index in [2.05, 4.69) is 41.2 Å². The molecular weight excluding hydrogens is 900 g/mol. The van der Waals surface area contributed by atoms with Crippen LogP contribution in [-0.4, -0.2) is 119 Å². The smallest absolute Gasteiger partial charge is 0.297 e. The van der Waals surface area contributed by atoms with Gasteiger partial charge in [-0.15, -0.1) is 0 Å². The Kier molecular flexibility index (Phi) is 12.0. The van der Waals surface area contributed by atoms with Gasteiger partial charge in [-0.3, -0.25) is 19.8 Å². The van der Waals surface area contributed by atoms with E-state index in [0.29, 0.717) is 67.9 Å². The number of hydrogen-bond acceptors (Lipinski definition) is 14. The zero-order valence-electron chi connectivity index (χ0n) is 37.4. The molecule has 1 amide bonds. The minimum absolute atomic E-state index is 0.00512. The van der Waals surface area contributed by atoms with Crippen LogP contribution in [0.25, 0.3) is 16.6 Å². The highest BCUT2D eigenvalue weighted by atomic mass is 35.5. The quantitative estimate of drug-likeness (QED) is 0.0925. The zero-order chi connectivity index (χ0) is 46.6. The predicted molar refractivity (Wildman–Crippen MR) is 255 cm³/mol. The van der Waals surface area contributed by atoms with Crippen LogP contribution >= 0.6 is 11.6 Å². The fraction of sp³-hybridized carbons (Fsp3) is 0.417. The molecule has 5 aromatic rings. The van der Waals surface area contributed by atoms with E-state index in [0.717, 1.165) is 37.3 Å². The number of nitrogens with zero attached hydrogens (tertiary/aromatic N) is 5. The lowest BCUT2D eigenvalue weighted by molar-refractivity contribution is -0.384. The molecule has 2 fully saturated rings. The van der Waals surface area contributed by atoms with Gasteiger partial charge < -0.3 is 44.8 Å². The number of allylic oxidation sites excluding steroid dienone is 1. The lowest BCUT2D eigenvalue weighted by Gasteiger charge is -2.40. The van der Waals surface area contributed by atoms with Gasteiger partial charge in [0.15, 0.2) is 11.4 Å². The number of ether oxygens (including phenoxy) is 4. The van der Waals surface area contributed by atoms with Gasteiger partial charge in [-0.25, -0.2) is 8.42 Å². The lowest BCUT2D eigenvalue weighted by atomic mass is 9.72. The predicted octanol–water partition coefficient (Wildman–Crippen LogP) is 7.35. The normalized spacial score (nSPS) is 21.1. The van der Waals surface area contributed by atoms with E-state index in [1.807, 2.05) is 29.2 Å². The third-order valence-electron chi connectivity index (χ3n) is 13.6. The molecule has 3 aromatic carbocycles. The Labute approximate surface area is 393 Å². The first kappa shape index (κ1) is 44.9. The number of carbonyl (C=O) groups is 1. The Morgan fingerprint density at radius 2 is 1.79 bits per heavy atom.